The Hall–Kier alpha value is -1.45. The van der Waals surface area contributed by atoms with Crippen LogP contribution in [0, 0.1) is 0 Å². The quantitative estimate of drug-likeness (QED) is 0.294. The predicted molar refractivity (Wildman–Crippen MR) is 142 cm³/mol. The molecule has 2 aromatic rings. The molecule has 3 unspecified atom stereocenters. The van der Waals surface area contributed by atoms with Crippen molar-refractivity contribution in [2.45, 2.75) is 50.2 Å². The van der Waals surface area contributed by atoms with Gasteiger partial charge in [0.2, 0.25) is 0 Å². The molecule has 0 saturated carbocycles. The molecule has 1 fully saturated rings. The third-order valence-electron chi connectivity index (χ3n) is 5.48. The van der Waals surface area contributed by atoms with E-state index in [0.717, 1.165) is 43.3 Å². The molecule has 3 rings (SSSR count). The number of benzene rings is 2. The number of aliphatic imine (C=N–C) groups is 1. The van der Waals surface area contributed by atoms with Crippen LogP contribution in [-0.2, 0) is 17.3 Å². The van der Waals surface area contributed by atoms with Crippen molar-refractivity contribution in [3.63, 3.8) is 0 Å². The van der Waals surface area contributed by atoms with Crippen LogP contribution in [0.3, 0.4) is 0 Å². The molecular formula is C24H35IN4OS. The average molecular weight is 555 g/mol. The molecule has 3 atom stereocenters. The first-order valence-corrected chi connectivity index (χ1v) is 12.2. The number of hydrogen-bond donors (Lipinski definition) is 2. The first-order valence-electron chi connectivity index (χ1n) is 10.9. The zero-order valence-electron chi connectivity index (χ0n) is 18.5. The molecule has 0 bridgehead atoms. The van der Waals surface area contributed by atoms with E-state index in [1.54, 1.807) is 0 Å². The number of rotatable bonds is 8. The number of piperidine rings is 1. The maximum Gasteiger partial charge on any atom is 0.191 e. The largest absolute Gasteiger partial charge is 0.357 e. The summed E-state index contributed by atoms with van der Waals surface area (Å²) >= 11 is 0. The van der Waals surface area contributed by atoms with Gasteiger partial charge in [-0.25, -0.2) is 0 Å². The van der Waals surface area contributed by atoms with Gasteiger partial charge in [0.1, 0.15) is 0 Å². The van der Waals surface area contributed by atoms with E-state index in [-0.39, 0.29) is 24.0 Å². The molecule has 170 valence electrons. The average Bonchev–Trinajstić information content (AvgIpc) is 2.77. The van der Waals surface area contributed by atoms with Gasteiger partial charge in [0.15, 0.2) is 5.96 Å². The molecule has 0 spiro atoms. The van der Waals surface area contributed by atoms with E-state index in [1.165, 1.54) is 5.56 Å². The second-order valence-electron chi connectivity index (χ2n) is 7.79. The highest BCUT2D eigenvalue weighted by atomic mass is 127. The summed E-state index contributed by atoms with van der Waals surface area (Å²) in [5, 5.41) is 6.93. The topological polar surface area (TPSA) is 56.7 Å². The Morgan fingerprint density at radius 3 is 2.45 bits per heavy atom. The fourth-order valence-electron chi connectivity index (χ4n) is 3.85. The summed E-state index contributed by atoms with van der Waals surface area (Å²) in [6.45, 7) is 7.82. The molecule has 7 heteroatoms. The lowest BCUT2D eigenvalue weighted by atomic mass is 9.97. The highest BCUT2D eigenvalue weighted by Crippen LogP contribution is 2.20. The summed E-state index contributed by atoms with van der Waals surface area (Å²) in [5.41, 5.74) is 1.37. The van der Waals surface area contributed by atoms with Crippen molar-refractivity contribution in [2.75, 3.05) is 25.4 Å². The van der Waals surface area contributed by atoms with Crippen molar-refractivity contribution in [3.05, 3.63) is 66.2 Å². The fraction of sp³-hybridized carbons (Fsp3) is 0.458. The van der Waals surface area contributed by atoms with E-state index in [4.69, 9.17) is 0 Å². The zero-order valence-corrected chi connectivity index (χ0v) is 21.6. The Bertz CT molecular complexity index is 819. The molecule has 0 aliphatic carbocycles. The maximum atomic E-state index is 12.4. The summed E-state index contributed by atoms with van der Waals surface area (Å²) in [6, 6.07) is 21.2. The summed E-state index contributed by atoms with van der Waals surface area (Å²) in [5.74, 6) is 1.36. The third-order valence-corrected chi connectivity index (χ3v) is 6.83. The Morgan fingerprint density at radius 2 is 1.81 bits per heavy atom. The molecule has 1 saturated heterocycles. The summed E-state index contributed by atoms with van der Waals surface area (Å²) in [6.07, 6.45) is 2.19. The molecular weight excluding hydrogens is 519 g/mol. The van der Waals surface area contributed by atoms with Gasteiger partial charge in [0.25, 0.3) is 0 Å². The monoisotopic (exact) mass is 554 g/mol. The van der Waals surface area contributed by atoms with Gasteiger partial charge in [-0.1, -0.05) is 48.5 Å². The Labute approximate surface area is 206 Å². The lowest BCUT2D eigenvalue weighted by molar-refractivity contribution is 0.134. The van der Waals surface area contributed by atoms with Crippen molar-refractivity contribution in [1.82, 2.24) is 15.5 Å². The van der Waals surface area contributed by atoms with E-state index < -0.39 is 10.8 Å². The van der Waals surface area contributed by atoms with Crippen LogP contribution < -0.4 is 10.6 Å². The first-order chi connectivity index (χ1) is 14.7. The Kier molecular flexibility index (Phi) is 11.5. The van der Waals surface area contributed by atoms with Gasteiger partial charge < -0.3 is 10.6 Å². The van der Waals surface area contributed by atoms with E-state index >= 15 is 0 Å². The van der Waals surface area contributed by atoms with Crippen LogP contribution in [0.25, 0.3) is 0 Å². The highest BCUT2D eigenvalue weighted by Gasteiger charge is 2.25. The van der Waals surface area contributed by atoms with Gasteiger partial charge in [0, 0.05) is 42.4 Å². The molecule has 1 aliphatic heterocycles. The molecule has 1 aliphatic rings. The van der Waals surface area contributed by atoms with Gasteiger partial charge in [0.05, 0.1) is 17.3 Å². The lowest BCUT2D eigenvalue weighted by Gasteiger charge is -2.38. The van der Waals surface area contributed by atoms with E-state index in [1.807, 2.05) is 30.3 Å². The van der Waals surface area contributed by atoms with Crippen molar-refractivity contribution < 1.29 is 4.21 Å². The molecule has 31 heavy (non-hydrogen) atoms. The van der Waals surface area contributed by atoms with Crippen molar-refractivity contribution in [2.24, 2.45) is 4.99 Å². The second kappa shape index (κ2) is 13.9. The first kappa shape index (κ1) is 25.8. The van der Waals surface area contributed by atoms with Gasteiger partial charge in [-0.2, -0.15) is 0 Å². The molecule has 2 N–H and O–H groups in total. The van der Waals surface area contributed by atoms with Crippen LogP contribution in [0.5, 0.6) is 0 Å². The maximum absolute atomic E-state index is 12.4. The minimum Gasteiger partial charge on any atom is -0.357 e. The van der Waals surface area contributed by atoms with Crippen molar-refractivity contribution >= 4 is 40.7 Å². The number of hydrogen-bond acceptors (Lipinski definition) is 3. The SMILES string of the molecule is CCNC(=NCCS(=O)c1ccccc1)NC1CCN(Cc2ccccc2)C(C)C1.I. The summed E-state index contributed by atoms with van der Waals surface area (Å²) in [4.78, 5) is 8.09. The number of halogens is 1. The molecule has 0 radical (unpaired) electrons. The number of guanidine groups is 1. The third kappa shape index (κ3) is 8.54. The van der Waals surface area contributed by atoms with Crippen LogP contribution in [0.15, 0.2) is 70.6 Å². The highest BCUT2D eigenvalue weighted by molar-refractivity contribution is 14.0. The van der Waals surface area contributed by atoms with Crippen LogP contribution >= 0.6 is 24.0 Å². The van der Waals surface area contributed by atoms with Crippen LogP contribution in [0.1, 0.15) is 32.3 Å². The van der Waals surface area contributed by atoms with E-state index in [0.29, 0.717) is 24.4 Å². The van der Waals surface area contributed by atoms with Gasteiger partial charge in [-0.3, -0.25) is 14.1 Å². The van der Waals surface area contributed by atoms with Gasteiger partial charge >= 0.3 is 0 Å². The standard InChI is InChI=1S/C24H34N4OS.HI/c1-3-25-24(26-15-17-30(29)23-12-8-5-9-13-23)27-22-14-16-28(20(2)18-22)19-21-10-6-4-7-11-21;/h4-13,20,22H,3,14-19H2,1-2H3,(H2,25,26,27);1H. The molecule has 5 nitrogen and oxygen atoms in total. The van der Waals surface area contributed by atoms with Gasteiger partial charge in [-0.05, 0) is 44.4 Å². The van der Waals surface area contributed by atoms with Crippen molar-refractivity contribution in [3.8, 4) is 0 Å². The van der Waals surface area contributed by atoms with Crippen LogP contribution in [0.4, 0.5) is 0 Å². The molecule has 1 heterocycles. The lowest BCUT2D eigenvalue weighted by Crippen LogP contribution is -2.51. The predicted octanol–water partition coefficient (Wildman–Crippen LogP) is 4.02. The van der Waals surface area contributed by atoms with Crippen LogP contribution in [0.2, 0.25) is 0 Å². The molecule has 0 aromatic heterocycles. The minimum atomic E-state index is -1.01. The summed E-state index contributed by atoms with van der Waals surface area (Å²) < 4.78 is 12.4. The Morgan fingerprint density at radius 1 is 1.13 bits per heavy atom. The minimum absolute atomic E-state index is 0. The smallest absolute Gasteiger partial charge is 0.191 e. The van der Waals surface area contributed by atoms with Crippen LogP contribution in [-0.4, -0.2) is 52.5 Å². The molecule has 0 amide bonds. The Balaban J connectivity index is 0.00000341. The number of nitrogens with one attached hydrogen (secondary N) is 2. The van der Waals surface area contributed by atoms with Gasteiger partial charge in [-0.15, -0.1) is 24.0 Å². The number of likely N-dealkylation sites (tertiary alicyclic amines) is 1. The molecule has 2 aromatic carbocycles. The number of nitrogens with zero attached hydrogens (tertiary/aromatic N) is 2. The normalized spacial score (nSPS) is 20.5. The zero-order chi connectivity index (χ0) is 21.2. The van der Waals surface area contributed by atoms with E-state index in [2.05, 4.69) is 64.7 Å². The van der Waals surface area contributed by atoms with Crippen molar-refractivity contribution in [1.29, 1.82) is 0 Å². The van der Waals surface area contributed by atoms with E-state index in [9.17, 15) is 4.21 Å². The second-order valence-corrected chi connectivity index (χ2v) is 9.36. The summed E-state index contributed by atoms with van der Waals surface area (Å²) in [7, 11) is -1.01. The fourth-order valence-corrected chi connectivity index (χ4v) is 4.80.